The van der Waals surface area contributed by atoms with Gasteiger partial charge in [0.05, 0.1) is 18.8 Å². The highest BCUT2D eigenvalue weighted by Gasteiger charge is 2.10. The molecule has 0 aliphatic rings. The zero-order chi connectivity index (χ0) is 14.9. The van der Waals surface area contributed by atoms with Gasteiger partial charge in [-0.3, -0.25) is 4.79 Å². The number of aldehydes is 1. The summed E-state index contributed by atoms with van der Waals surface area (Å²) < 4.78 is 11.3. The highest BCUT2D eigenvalue weighted by Crippen LogP contribution is 2.30. The smallest absolute Gasteiger partial charge is 0.171 e. The number of benzene rings is 2. The summed E-state index contributed by atoms with van der Waals surface area (Å²) in [5.74, 6) is 1.17. The Balaban J connectivity index is 1.94. The first-order valence-electron chi connectivity index (χ1n) is 7.23. The lowest BCUT2D eigenvalue weighted by molar-refractivity contribution is 0.111. The molecule has 0 radical (unpaired) electrons. The second-order valence-electron chi connectivity index (χ2n) is 4.66. The van der Waals surface area contributed by atoms with Crippen LogP contribution in [0.2, 0.25) is 0 Å². The van der Waals surface area contributed by atoms with Gasteiger partial charge < -0.3 is 9.47 Å². The molecular formula is C18H20O3. The summed E-state index contributed by atoms with van der Waals surface area (Å²) in [5, 5.41) is 0. The number of carbonyl (C=O) groups excluding carboxylic acids is 1. The maximum atomic E-state index is 11.1. The first-order valence-corrected chi connectivity index (χ1v) is 7.23. The van der Waals surface area contributed by atoms with Gasteiger partial charge in [0.2, 0.25) is 0 Å². The summed E-state index contributed by atoms with van der Waals surface area (Å²) in [6, 6.07) is 15.6. The van der Waals surface area contributed by atoms with Crippen LogP contribution in [0.5, 0.6) is 11.5 Å². The van der Waals surface area contributed by atoms with Gasteiger partial charge in [-0.1, -0.05) is 36.4 Å². The standard InChI is InChI=1S/C18H20O3/c1-2-20-17-12-6-11-16(14-19)18(17)21-13-7-10-15-8-4-3-5-9-15/h3-6,8-9,11-12,14H,2,7,10,13H2,1H3. The normalized spacial score (nSPS) is 10.1. The van der Waals surface area contributed by atoms with Crippen LogP contribution in [0.25, 0.3) is 0 Å². The van der Waals surface area contributed by atoms with Crippen molar-refractivity contribution in [2.24, 2.45) is 0 Å². The summed E-state index contributed by atoms with van der Waals surface area (Å²) in [4.78, 5) is 11.1. The van der Waals surface area contributed by atoms with E-state index in [1.807, 2.05) is 31.2 Å². The Kier molecular flexibility index (Phi) is 5.83. The first-order chi connectivity index (χ1) is 10.3. The second-order valence-corrected chi connectivity index (χ2v) is 4.66. The molecule has 2 rings (SSSR count). The molecule has 0 atom stereocenters. The highest BCUT2D eigenvalue weighted by atomic mass is 16.5. The predicted molar refractivity (Wildman–Crippen MR) is 83.3 cm³/mol. The van der Waals surface area contributed by atoms with Gasteiger partial charge in [0, 0.05) is 0 Å². The van der Waals surface area contributed by atoms with E-state index in [1.54, 1.807) is 12.1 Å². The van der Waals surface area contributed by atoms with Crippen molar-refractivity contribution in [2.45, 2.75) is 19.8 Å². The summed E-state index contributed by atoms with van der Waals surface area (Å²) in [5.41, 5.74) is 1.82. The maximum absolute atomic E-state index is 11.1. The SMILES string of the molecule is CCOc1cccc(C=O)c1OCCCc1ccccc1. The first kappa shape index (κ1) is 15.1. The van der Waals surface area contributed by atoms with Crippen molar-refractivity contribution < 1.29 is 14.3 Å². The number of rotatable bonds is 8. The van der Waals surface area contributed by atoms with E-state index in [9.17, 15) is 4.79 Å². The van der Waals surface area contributed by atoms with Crippen LogP contribution in [0.15, 0.2) is 48.5 Å². The molecule has 0 aliphatic heterocycles. The fourth-order valence-electron chi connectivity index (χ4n) is 2.14. The van der Waals surface area contributed by atoms with Crippen LogP contribution >= 0.6 is 0 Å². The van der Waals surface area contributed by atoms with Crippen LogP contribution in [0, 0.1) is 0 Å². The lowest BCUT2D eigenvalue weighted by Crippen LogP contribution is -2.04. The van der Waals surface area contributed by atoms with E-state index in [1.165, 1.54) is 5.56 Å². The molecule has 0 amide bonds. The number of aryl methyl sites for hydroxylation is 1. The van der Waals surface area contributed by atoms with Crippen LogP contribution in [0.3, 0.4) is 0 Å². The third-order valence-electron chi connectivity index (χ3n) is 3.14. The lowest BCUT2D eigenvalue weighted by atomic mass is 10.1. The molecule has 0 fully saturated rings. The Hall–Kier alpha value is -2.29. The minimum Gasteiger partial charge on any atom is -0.490 e. The van der Waals surface area contributed by atoms with Crippen LogP contribution in [0.4, 0.5) is 0 Å². The lowest BCUT2D eigenvalue weighted by Gasteiger charge is -2.13. The quantitative estimate of drug-likeness (QED) is 0.544. The van der Waals surface area contributed by atoms with E-state index >= 15 is 0 Å². The monoisotopic (exact) mass is 284 g/mol. The number of ether oxygens (including phenoxy) is 2. The van der Waals surface area contributed by atoms with Gasteiger partial charge in [-0.15, -0.1) is 0 Å². The molecule has 2 aromatic rings. The molecule has 0 N–H and O–H groups in total. The minimum absolute atomic E-state index is 0.528. The molecular weight excluding hydrogens is 264 g/mol. The molecule has 3 nitrogen and oxygen atoms in total. The molecule has 0 aliphatic carbocycles. The molecule has 0 unspecified atom stereocenters. The number of carbonyl (C=O) groups is 1. The zero-order valence-electron chi connectivity index (χ0n) is 12.2. The molecule has 110 valence electrons. The molecule has 2 aromatic carbocycles. The van der Waals surface area contributed by atoms with Gasteiger partial charge >= 0.3 is 0 Å². The number of para-hydroxylation sites is 1. The molecule has 0 aromatic heterocycles. The second kappa shape index (κ2) is 8.10. The van der Waals surface area contributed by atoms with Gasteiger partial charge in [0.1, 0.15) is 0 Å². The van der Waals surface area contributed by atoms with E-state index in [2.05, 4.69) is 12.1 Å². The average Bonchev–Trinajstić information content (AvgIpc) is 2.53. The summed E-state index contributed by atoms with van der Waals surface area (Å²) >= 11 is 0. The van der Waals surface area contributed by atoms with Gasteiger partial charge in [-0.05, 0) is 37.5 Å². The van der Waals surface area contributed by atoms with Crippen molar-refractivity contribution in [3.05, 3.63) is 59.7 Å². The molecule has 0 heterocycles. The molecule has 0 bridgehead atoms. The van der Waals surface area contributed by atoms with Crippen molar-refractivity contribution in [1.82, 2.24) is 0 Å². The fraction of sp³-hybridized carbons (Fsp3) is 0.278. The summed E-state index contributed by atoms with van der Waals surface area (Å²) in [6.45, 7) is 3.01. The van der Waals surface area contributed by atoms with Crippen molar-refractivity contribution >= 4 is 6.29 Å². The molecule has 0 saturated carbocycles. The number of hydrogen-bond donors (Lipinski definition) is 0. The van der Waals surface area contributed by atoms with Gasteiger partial charge in [-0.25, -0.2) is 0 Å². The van der Waals surface area contributed by atoms with Crippen molar-refractivity contribution in [2.75, 3.05) is 13.2 Å². The van der Waals surface area contributed by atoms with E-state index in [-0.39, 0.29) is 0 Å². The summed E-state index contributed by atoms with van der Waals surface area (Å²) in [7, 11) is 0. The average molecular weight is 284 g/mol. The Morgan fingerprint density at radius 3 is 2.52 bits per heavy atom. The highest BCUT2D eigenvalue weighted by molar-refractivity contribution is 5.81. The van der Waals surface area contributed by atoms with Crippen LogP contribution < -0.4 is 9.47 Å². The van der Waals surface area contributed by atoms with E-state index < -0.39 is 0 Å². The largest absolute Gasteiger partial charge is 0.490 e. The van der Waals surface area contributed by atoms with Crippen LogP contribution in [0.1, 0.15) is 29.3 Å². The van der Waals surface area contributed by atoms with Crippen LogP contribution in [-0.2, 0) is 6.42 Å². The summed E-state index contributed by atoms with van der Waals surface area (Å²) in [6.07, 6.45) is 2.64. The van der Waals surface area contributed by atoms with E-state index in [0.29, 0.717) is 30.3 Å². The third-order valence-corrected chi connectivity index (χ3v) is 3.14. The van der Waals surface area contributed by atoms with E-state index in [4.69, 9.17) is 9.47 Å². The number of hydrogen-bond acceptors (Lipinski definition) is 3. The maximum Gasteiger partial charge on any atom is 0.171 e. The minimum atomic E-state index is 0.528. The molecule has 0 spiro atoms. The van der Waals surface area contributed by atoms with Crippen molar-refractivity contribution in [1.29, 1.82) is 0 Å². The molecule has 21 heavy (non-hydrogen) atoms. The Morgan fingerprint density at radius 1 is 1.00 bits per heavy atom. The predicted octanol–water partition coefficient (Wildman–Crippen LogP) is 3.91. The van der Waals surface area contributed by atoms with Gasteiger partial charge in [0.25, 0.3) is 0 Å². The van der Waals surface area contributed by atoms with Crippen molar-refractivity contribution in [3.8, 4) is 11.5 Å². The Morgan fingerprint density at radius 2 is 1.81 bits per heavy atom. The van der Waals surface area contributed by atoms with Crippen LogP contribution in [-0.4, -0.2) is 19.5 Å². The molecule has 0 saturated heterocycles. The van der Waals surface area contributed by atoms with Crippen molar-refractivity contribution in [3.63, 3.8) is 0 Å². The Bertz CT molecular complexity index is 564. The van der Waals surface area contributed by atoms with E-state index in [0.717, 1.165) is 19.1 Å². The third kappa shape index (κ3) is 4.35. The topological polar surface area (TPSA) is 35.5 Å². The zero-order valence-corrected chi connectivity index (χ0v) is 12.2. The Labute approximate surface area is 125 Å². The van der Waals surface area contributed by atoms with Gasteiger partial charge in [-0.2, -0.15) is 0 Å². The van der Waals surface area contributed by atoms with Gasteiger partial charge in [0.15, 0.2) is 17.8 Å². The molecule has 3 heteroatoms. The fourth-order valence-corrected chi connectivity index (χ4v) is 2.14.